The quantitative estimate of drug-likeness (QED) is 0.0356. The number of hydrogen-bond donors (Lipinski definition) is 3. The number of likely N-dealkylation sites (N-methyl/N-ethyl adjacent to an activating group) is 2. The highest BCUT2D eigenvalue weighted by Gasteiger charge is 2.52. The van der Waals surface area contributed by atoms with Gasteiger partial charge < -0.3 is 63.2 Å². The Morgan fingerprint density at radius 3 is 2.14 bits per heavy atom. The molecule has 6 aromatic rings. The molecule has 1 unspecified atom stereocenters. The molecule has 0 radical (unpaired) electrons. The summed E-state index contributed by atoms with van der Waals surface area (Å²) in [6, 6.07) is 19.3. The first-order chi connectivity index (χ1) is 42.1. The van der Waals surface area contributed by atoms with Gasteiger partial charge in [0.05, 0.1) is 89.7 Å². The van der Waals surface area contributed by atoms with E-state index in [2.05, 4.69) is 53.1 Å². The lowest BCUT2D eigenvalue weighted by Gasteiger charge is -2.45. The molecule has 0 spiro atoms. The Kier molecular flexibility index (Phi) is 25.2. The Bertz CT molecular complexity index is 3060. The number of ether oxygens (including phenoxy) is 6. The molecule has 3 aromatic carbocycles. The number of rotatable bonds is 36. The summed E-state index contributed by atoms with van der Waals surface area (Å²) in [4.78, 5) is 69.6. The van der Waals surface area contributed by atoms with E-state index in [-0.39, 0.29) is 25.3 Å². The van der Waals surface area contributed by atoms with Crippen LogP contribution in [0.3, 0.4) is 0 Å². The van der Waals surface area contributed by atoms with Crippen molar-refractivity contribution in [3.63, 3.8) is 0 Å². The largest absolute Gasteiger partial charge is 0.497 e. The van der Waals surface area contributed by atoms with Crippen molar-refractivity contribution in [1.82, 2.24) is 54.4 Å². The fourth-order valence-corrected chi connectivity index (χ4v) is 10.4. The number of alkyl halides is 2. The standard InChI is InChI=1S/C61H81F2N13O10S/c1-71(22-5-6-29-85-52-16-7-45(8-17-52)11-20-55(77)76(50-38-61(62,63)39-50)57(54-42-73(3)44-65-54)58(79)64-40-46-9-14-51(81-4)15-10-46)27-31-83-34-33-82-30-21-48-41-75(70-69-48)28-32-84-35-36-86-53-18-12-47(13-19-53)66-59(80)68-60-67-49(43-87-60)37-56(78)74-25-23-72(2)24-26-74/h7-10,12-19,41-44,50,57H,5-6,11,20-40H2,1-4H3,(H,64,79)(H2,66,67,68,80). The molecule has 5 amide bonds. The lowest BCUT2D eigenvalue weighted by atomic mass is 9.85. The van der Waals surface area contributed by atoms with Crippen LogP contribution in [0.15, 0.2) is 96.9 Å². The van der Waals surface area contributed by atoms with Crippen molar-refractivity contribution in [3.05, 3.63) is 125 Å². The monoisotopic (exact) mass is 1230 g/mol. The number of benzene rings is 3. The molecule has 87 heavy (non-hydrogen) atoms. The Labute approximate surface area is 510 Å². The molecule has 23 nitrogen and oxygen atoms in total. The van der Waals surface area contributed by atoms with Crippen molar-refractivity contribution in [2.75, 3.05) is 124 Å². The number of nitrogens with zero attached hydrogens (tertiary/aromatic N) is 10. The normalized spacial score (nSPS) is 14.5. The van der Waals surface area contributed by atoms with Gasteiger partial charge in [0.25, 0.3) is 5.92 Å². The van der Waals surface area contributed by atoms with Gasteiger partial charge in [0.2, 0.25) is 17.7 Å². The van der Waals surface area contributed by atoms with E-state index in [0.29, 0.717) is 125 Å². The highest BCUT2D eigenvalue weighted by atomic mass is 32.1. The van der Waals surface area contributed by atoms with Crippen molar-refractivity contribution < 1.29 is 56.4 Å². The van der Waals surface area contributed by atoms with Crippen LogP contribution in [-0.4, -0.2) is 198 Å². The molecular formula is C61H81F2N13O10S. The van der Waals surface area contributed by atoms with Gasteiger partial charge in [-0.1, -0.05) is 29.5 Å². The number of aryl methyl sites for hydroxylation is 2. The fraction of sp³-hybridized carbons (Fsp3) is 0.508. The number of nitrogens with one attached hydrogen (secondary N) is 3. The number of imidazole rings is 1. The number of unbranched alkanes of at least 4 members (excludes halogenated alkanes) is 1. The lowest BCUT2D eigenvalue weighted by molar-refractivity contribution is -0.164. The average Bonchev–Trinajstić information content (AvgIpc) is 1.81. The Balaban J connectivity index is 0.612. The molecule has 1 aliphatic carbocycles. The first-order valence-electron chi connectivity index (χ1n) is 29.5. The molecule has 4 heterocycles. The second-order valence-electron chi connectivity index (χ2n) is 21.7. The minimum atomic E-state index is -2.91. The number of carbonyl (C=O) groups is 4. The number of amides is 5. The van der Waals surface area contributed by atoms with E-state index in [1.165, 1.54) is 22.6 Å². The third-order valence-corrected chi connectivity index (χ3v) is 15.6. The summed E-state index contributed by atoms with van der Waals surface area (Å²) in [5, 5.41) is 19.1. The van der Waals surface area contributed by atoms with Crippen molar-refractivity contribution in [2.45, 2.75) is 82.5 Å². The van der Waals surface area contributed by atoms with Gasteiger partial charge in [-0.15, -0.1) is 16.4 Å². The zero-order valence-corrected chi connectivity index (χ0v) is 50.9. The zero-order valence-electron chi connectivity index (χ0n) is 50.1. The number of hydrogen-bond acceptors (Lipinski definition) is 17. The van der Waals surface area contributed by atoms with Gasteiger partial charge in [-0.05, 0) is 99.6 Å². The van der Waals surface area contributed by atoms with Crippen LogP contribution in [0.4, 0.5) is 24.4 Å². The second kappa shape index (κ2) is 33.5. The van der Waals surface area contributed by atoms with Crippen molar-refractivity contribution in [1.29, 1.82) is 0 Å². The average molecular weight is 1230 g/mol. The maximum atomic E-state index is 14.3. The topological polar surface area (TPSA) is 234 Å². The summed E-state index contributed by atoms with van der Waals surface area (Å²) in [7, 11) is 7.42. The first kappa shape index (κ1) is 65.4. The minimum Gasteiger partial charge on any atom is -0.497 e. The van der Waals surface area contributed by atoms with E-state index >= 15 is 0 Å². The molecular weight excluding hydrogens is 1140 g/mol. The maximum absolute atomic E-state index is 14.3. The summed E-state index contributed by atoms with van der Waals surface area (Å²) in [6.45, 7) is 9.28. The van der Waals surface area contributed by atoms with Crippen LogP contribution in [0.25, 0.3) is 0 Å². The van der Waals surface area contributed by atoms with Gasteiger partial charge in [-0.25, -0.2) is 28.2 Å². The van der Waals surface area contributed by atoms with Crippen LogP contribution in [-0.2, 0) is 68.0 Å². The molecule has 1 aliphatic heterocycles. The van der Waals surface area contributed by atoms with Crippen molar-refractivity contribution in [2.24, 2.45) is 7.05 Å². The van der Waals surface area contributed by atoms with E-state index in [4.69, 9.17) is 28.4 Å². The van der Waals surface area contributed by atoms with E-state index in [0.717, 1.165) is 55.8 Å². The summed E-state index contributed by atoms with van der Waals surface area (Å²) >= 11 is 1.28. The highest BCUT2D eigenvalue weighted by molar-refractivity contribution is 7.14. The molecule has 1 saturated carbocycles. The van der Waals surface area contributed by atoms with E-state index in [1.54, 1.807) is 71.4 Å². The Morgan fingerprint density at radius 2 is 1.43 bits per heavy atom. The number of urea groups is 1. The summed E-state index contributed by atoms with van der Waals surface area (Å²) in [5.41, 5.74) is 4.04. The number of anilines is 2. The van der Waals surface area contributed by atoms with E-state index in [9.17, 15) is 28.0 Å². The molecule has 2 fully saturated rings. The van der Waals surface area contributed by atoms with Gasteiger partial charge in [0.15, 0.2) is 11.2 Å². The molecule has 2 aliphatic rings. The van der Waals surface area contributed by atoms with Crippen LogP contribution >= 0.6 is 11.3 Å². The van der Waals surface area contributed by atoms with Gasteiger partial charge in [-0.2, -0.15) is 0 Å². The zero-order chi connectivity index (χ0) is 61.4. The number of halogens is 2. The summed E-state index contributed by atoms with van der Waals surface area (Å²) in [6.07, 6.45) is 7.01. The third kappa shape index (κ3) is 21.6. The summed E-state index contributed by atoms with van der Waals surface area (Å²) < 4.78 is 66.4. The predicted molar refractivity (Wildman–Crippen MR) is 323 cm³/mol. The fourth-order valence-electron chi connectivity index (χ4n) is 9.73. The van der Waals surface area contributed by atoms with Gasteiger partial charge >= 0.3 is 6.03 Å². The molecule has 0 bridgehead atoms. The molecule has 3 aromatic heterocycles. The first-order valence-corrected chi connectivity index (χ1v) is 30.3. The number of aromatic nitrogens is 6. The number of thiazole rings is 1. The Hall–Kier alpha value is -7.62. The molecule has 1 atom stereocenters. The van der Waals surface area contributed by atoms with Crippen LogP contribution in [0, 0.1) is 0 Å². The van der Waals surface area contributed by atoms with Gasteiger partial charge in [-0.3, -0.25) is 19.7 Å². The highest BCUT2D eigenvalue weighted by Crippen LogP contribution is 2.43. The van der Waals surface area contributed by atoms with Crippen LogP contribution < -0.4 is 30.2 Å². The maximum Gasteiger partial charge on any atom is 0.325 e. The Morgan fingerprint density at radius 1 is 0.747 bits per heavy atom. The predicted octanol–water partition coefficient (Wildman–Crippen LogP) is 6.52. The molecule has 470 valence electrons. The van der Waals surface area contributed by atoms with Crippen molar-refractivity contribution in [3.8, 4) is 17.2 Å². The van der Waals surface area contributed by atoms with Crippen LogP contribution in [0.2, 0.25) is 0 Å². The molecule has 8 rings (SSSR count). The molecule has 1 saturated heterocycles. The minimum absolute atomic E-state index is 0.0175. The second-order valence-corrected chi connectivity index (χ2v) is 22.5. The number of methoxy groups -OCH3 is 1. The smallest absolute Gasteiger partial charge is 0.325 e. The SMILES string of the molecule is COc1ccc(CNC(=O)C(c2cn(C)cn2)N(C(=O)CCc2ccc(OCCCCN(C)CCOCCOCCc3cn(CCOCCOc4ccc(NC(=O)Nc5nc(CC(=O)N6CCN(C)CC6)cs5)cc4)nn3)cc2)C2CC(F)(F)C2)cc1. The molecule has 26 heteroatoms. The number of piperazine rings is 1. The summed E-state index contributed by atoms with van der Waals surface area (Å²) in [5.74, 6) is -1.75. The van der Waals surface area contributed by atoms with Gasteiger partial charge in [0, 0.05) is 102 Å². The third-order valence-electron chi connectivity index (χ3n) is 14.8. The van der Waals surface area contributed by atoms with Gasteiger partial charge in [0.1, 0.15) is 23.9 Å². The van der Waals surface area contributed by atoms with Crippen LogP contribution in [0.5, 0.6) is 17.2 Å². The van der Waals surface area contributed by atoms with Crippen LogP contribution in [0.1, 0.15) is 66.4 Å². The van der Waals surface area contributed by atoms with E-state index < -0.39 is 48.7 Å². The van der Waals surface area contributed by atoms with E-state index in [1.807, 2.05) is 54.5 Å². The number of carbonyl (C=O) groups excluding carboxylic acids is 4. The molecule has 3 N–H and O–H groups in total. The lowest BCUT2D eigenvalue weighted by Crippen LogP contribution is -2.56. The van der Waals surface area contributed by atoms with Crippen molar-refractivity contribution >= 4 is 45.9 Å².